The topological polar surface area (TPSA) is 104 Å². The van der Waals surface area contributed by atoms with E-state index in [1.54, 1.807) is 6.07 Å². The minimum atomic E-state index is -0.564. The Hall–Kier alpha value is -2.26. The molecule has 0 bridgehead atoms. The molecule has 1 aromatic rings. The van der Waals surface area contributed by atoms with Crippen LogP contribution in [0.1, 0.15) is 12.0 Å². The van der Waals surface area contributed by atoms with Crippen LogP contribution in [0.5, 0.6) is 5.75 Å². The highest BCUT2D eigenvalue weighted by atomic mass is 16.6. The normalized spacial score (nSPS) is 9.29. The van der Waals surface area contributed by atoms with Gasteiger partial charge in [0.05, 0.1) is 23.7 Å². The molecule has 17 heavy (non-hydrogen) atoms. The fraction of sp³-hybridized carbons (Fsp3) is 0.273. The zero-order valence-electron chi connectivity index (χ0n) is 9.40. The van der Waals surface area contributed by atoms with Crippen molar-refractivity contribution in [2.75, 3.05) is 19.4 Å². The third kappa shape index (κ3) is 3.09. The SMILES string of the molecule is COc1cc(C#CCCN)c(N)c([N+](=O)[O-])c1. The van der Waals surface area contributed by atoms with Crippen molar-refractivity contribution in [2.24, 2.45) is 5.73 Å². The van der Waals surface area contributed by atoms with E-state index in [1.165, 1.54) is 13.2 Å². The quantitative estimate of drug-likeness (QED) is 0.350. The van der Waals surface area contributed by atoms with E-state index in [-0.39, 0.29) is 11.4 Å². The Morgan fingerprint density at radius 2 is 2.24 bits per heavy atom. The molecule has 0 aromatic heterocycles. The average Bonchev–Trinajstić information content (AvgIpc) is 2.31. The molecule has 1 rings (SSSR count). The molecule has 0 fully saturated rings. The second-order valence-electron chi connectivity index (χ2n) is 3.21. The van der Waals surface area contributed by atoms with E-state index in [4.69, 9.17) is 16.2 Å². The Kier molecular flexibility index (Phi) is 4.31. The highest BCUT2D eigenvalue weighted by Gasteiger charge is 2.16. The summed E-state index contributed by atoms with van der Waals surface area (Å²) in [6.07, 6.45) is 0.504. The van der Waals surface area contributed by atoms with Crippen LogP contribution in [0.25, 0.3) is 0 Å². The van der Waals surface area contributed by atoms with Gasteiger partial charge in [-0.1, -0.05) is 11.8 Å². The fourth-order valence-electron chi connectivity index (χ4n) is 1.21. The lowest BCUT2D eigenvalue weighted by Crippen LogP contribution is -2.00. The van der Waals surface area contributed by atoms with Gasteiger partial charge < -0.3 is 16.2 Å². The van der Waals surface area contributed by atoms with Gasteiger partial charge in [0.25, 0.3) is 5.69 Å². The summed E-state index contributed by atoms with van der Waals surface area (Å²) in [4.78, 5) is 10.2. The fourth-order valence-corrected chi connectivity index (χ4v) is 1.21. The zero-order chi connectivity index (χ0) is 12.8. The van der Waals surface area contributed by atoms with E-state index in [1.807, 2.05) is 0 Å². The molecule has 6 heteroatoms. The van der Waals surface area contributed by atoms with E-state index in [2.05, 4.69) is 11.8 Å². The van der Waals surface area contributed by atoms with Crippen LogP contribution in [0, 0.1) is 22.0 Å². The van der Waals surface area contributed by atoms with E-state index in [0.29, 0.717) is 24.3 Å². The third-order valence-corrected chi connectivity index (χ3v) is 2.06. The molecule has 0 saturated carbocycles. The number of nitro benzene ring substituents is 1. The first-order chi connectivity index (χ1) is 8.10. The minimum Gasteiger partial charge on any atom is -0.496 e. The van der Waals surface area contributed by atoms with Crippen molar-refractivity contribution in [2.45, 2.75) is 6.42 Å². The summed E-state index contributed by atoms with van der Waals surface area (Å²) >= 11 is 0. The molecule has 6 nitrogen and oxygen atoms in total. The molecular formula is C11H13N3O3. The second-order valence-corrected chi connectivity index (χ2v) is 3.21. The smallest absolute Gasteiger partial charge is 0.297 e. The maximum atomic E-state index is 10.8. The molecule has 0 heterocycles. The van der Waals surface area contributed by atoms with Crippen LogP contribution in [0.2, 0.25) is 0 Å². The number of rotatable bonds is 3. The number of anilines is 1. The molecule has 4 N–H and O–H groups in total. The molecule has 0 saturated heterocycles. The van der Waals surface area contributed by atoms with E-state index in [0.717, 1.165) is 0 Å². The van der Waals surface area contributed by atoms with Gasteiger partial charge in [0.2, 0.25) is 0 Å². The first-order valence-corrected chi connectivity index (χ1v) is 4.91. The Morgan fingerprint density at radius 1 is 1.53 bits per heavy atom. The van der Waals surface area contributed by atoms with E-state index >= 15 is 0 Å². The molecule has 90 valence electrons. The van der Waals surface area contributed by atoms with Crippen molar-refractivity contribution in [1.82, 2.24) is 0 Å². The van der Waals surface area contributed by atoms with Crippen molar-refractivity contribution in [3.63, 3.8) is 0 Å². The molecule has 0 aliphatic carbocycles. The molecule has 1 aromatic carbocycles. The molecular weight excluding hydrogens is 222 g/mol. The van der Waals surface area contributed by atoms with Crippen LogP contribution in [0.15, 0.2) is 12.1 Å². The molecule has 0 aliphatic rings. The Balaban J connectivity index is 3.25. The summed E-state index contributed by atoms with van der Waals surface area (Å²) in [6.45, 7) is 0.430. The van der Waals surface area contributed by atoms with E-state index < -0.39 is 4.92 Å². The lowest BCUT2D eigenvalue weighted by molar-refractivity contribution is -0.384. The number of ether oxygens (including phenoxy) is 1. The summed E-state index contributed by atoms with van der Waals surface area (Å²) in [7, 11) is 1.42. The lowest BCUT2D eigenvalue weighted by atomic mass is 10.1. The van der Waals surface area contributed by atoms with Crippen molar-refractivity contribution in [3.8, 4) is 17.6 Å². The van der Waals surface area contributed by atoms with Crippen molar-refractivity contribution in [1.29, 1.82) is 0 Å². The maximum Gasteiger partial charge on any atom is 0.297 e. The van der Waals surface area contributed by atoms with Crippen LogP contribution in [-0.2, 0) is 0 Å². The van der Waals surface area contributed by atoms with Crippen LogP contribution >= 0.6 is 0 Å². The van der Waals surface area contributed by atoms with Crippen LogP contribution in [-0.4, -0.2) is 18.6 Å². The summed E-state index contributed by atoms with van der Waals surface area (Å²) in [5.74, 6) is 5.87. The van der Waals surface area contributed by atoms with Crippen molar-refractivity contribution < 1.29 is 9.66 Å². The monoisotopic (exact) mass is 235 g/mol. The first kappa shape index (κ1) is 12.8. The number of nitrogens with two attached hydrogens (primary N) is 2. The van der Waals surface area contributed by atoms with Gasteiger partial charge in [-0.25, -0.2) is 0 Å². The van der Waals surface area contributed by atoms with E-state index in [9.17, 15) is 10.1 Å². The molecule has 0 atom stereocenters. The molecule has 0 unspecified atom stereocenters. The average molecular weight is 235 g/mol. The largest absolute Gasteiger partial charge is 0.496 e. The van der Waals surface area contributed by atoms with Gasteiger partial charge in [-0.15, -0.1) is 0 Å². The van der Waals surface area contributed by atoms with Gasteiger partial charge in [0, 0.05) is 13.0 Å². The van der Waals surface area contributed by atoms with Gasteiger partial charge in [-0.3, -0.25) is 10.1 Å². The highest BCUT2D eigenvalue weighted by Crippen LogP contribution is 2.30. The zero-order valence-corrected chi connectivity index (χ0v) is 9.40. The molecule has 0 aliphatic heterocycles. The van der Waals surface area contributed by atoms with Crippen LogP contribution in [0.3, 0.4) is 0 Å². The Labute approximate surface area is 98.7 Å². The van der Waals surface area contributed by atoms with Gasteiger partial charge in [0.15, 0.2) is 0 Å². The number of nitro groups is 1. The van der Waals surface area contributed by atoms with Crippen LogP contribution in [0.4, 0.5) is 11.4 Å². The minimum absolute atomic E-state index is 0.0420. The summed E-state index contributed by atoms with van der Waals surface area (Å²) in [5.41, 5.74) is 11.2. The van der Waals surface area contributed by atoms with Gasteiger partial charge in [-0.2, -0.15) is 0 Å². The number of hydrogen-bond acceptors (Lipinski definition) is 5. The Bertz CT molecular complexity index is 489. The van der Waals surface area contributed by atoms with Gasteiger partial charge in [0.1, 0.15) is 11.4 Å². The number of benzene rings is 1. The van der Waals surface area contributed by atoms with Crippen LogP contribution < -0.4 is 16.2 Å². The standard InChI is InChI=1S/C11H13N3O3/c1-17-9-6-8(4-2-3-5-12)11(13)10(7-9)14(15)16/h6-7H,3,5,12-13H2,1H3. The molecule has 0 radical (unpaired) electrons. The highest BCUT2D eigenvalue weighted by molar-refractivity contribution is 5.70. The van der Waals surface area contributed by atoms with Gasteiger partial charge in [-0.05, 0) is 6.07 Å². The number of methoxy groups -OCH3 is 1. The van der Waals surface area contributed by atoms with Gasteiger partial charge >= 0.3 is 0 Å². The number of nitrogens with zero attached hydrogens (tertiary/aromatic N) is 1. The summed E-state index contributed by atoms with van der Waals surface area (Å²) < 4.78 is 4.95. The lowest BCUT2D eigenvalue weighted by Gasteiger charge is -2.04. The summed E-state index contributed by atoms with van der Waals surface area (Å²) in [6, 6.07) is 2.83. The predicted octanol–water partition coefficient (Wildman–Crippen LogP) is 0.886. The predicted molar refractivity (Wildman–Crippen MR) is 64.6 cm³/mol. The van der Waals surface area contributed by atoms with Crippen molar-refractivity contribution >= 4 is 11.4 Å². The number of nitrogen functional groups attached to an aromatic ring is 1. The summed E-state index contributed by atoms with van der Waals surface area (Å²) in [5, 5.41) is 10.8. The third-order valence-electron chi connectivity index (χ3n) is 2.06. The molecule has 0 amide bonds. The first-order valence-electron chi connectivity index (χ1n) is 4.91. The maximum absolute atomic E-state index is 10.8. The Morgan fingerprint density at radius 3 is 2.76 bits per heavy atom. The molecule has 0 spiro atoms. The van der Waals surface area contributed by atoms with Crippen molar-refractivity contribution in [3.05, 3.63) is 27.8 Å². The second kappa shape index (κ2) is 5.72. The number of hydrogen-bond donors (Lipinski definition) is 2.